The number of nitrogens with one attached hydrogen (secondary N) is 1. The fourth-order valence-corrected chi connectivity index (χ4v) is 2.72. The highest BCUT2D eigenvalue weighted by Gasteiger charge is 2.25. The van der Waals surface area contributed by atoms with E-state index >= 15 is 0 Å². The van der Waals surface area contributed by atoms with Crippen LogP contribution in [0.3, 0.4) is 0 Å². The molecule has 2 rings (SSSR count). The lowest BCUT2D eigenvalue weighted by molar-refractivity contribution is 0.0734. The first-order valence-corrected chi connectivity index (χ1v) is 7.97. The molecule has 4 nitrogen and oxygen atoms in total. The maximum atomic E-state index is 12.3. The second-order valence-corrected chi connectivity index (χ2v) is 5.79. The Labute approximate surface area is 143 Å². The second-order valence-electron chi connectivity index (χ2n) is 5.36. The molecule has 0 saturated carbocycles. The van der Waals surface area contributed by atoms with E-state index in [1.54, 1.807) is 12.1 Å². The number of rotatable bonds is 5. The molecule has 1 fully saturated rings. The number of nitrogens with zero attached hydrogens (tertiary/aromatic N) is 1. The molecule has 124 valence electrons. The van der Waals surface area contributed by atoms with Crippen molar-refractivity contribution in [3.05, 3.63) is 34.9 Å². The van der Waals surface area contributed by atoms with E-state index < -0.39 is 0 Å². The summed E-state index contributed by atoms with van der Waals surface area (Å²) >= 11 is 5.85. The summed E-state index contributed by atoms with van der Waals surface area (Å²) in [4.78, 5) is 14.2. The second kappa shape index (κ2) is 9.93. The monoisotopic (exact) mass is 346 g/mol. The van der Waals surface area contributed by atoms with Crippen LogP contribution in [0.15, 0.2) is 24.3 Å². The third-order valence-corrected chi connectivity index (χ3v) is 3.98. The summed E-state index contributed by atoms with van der Waals surface area (Å²) in [5, 5.41) is 4.01. The molecule has 0 unspecified atom stereocenters. The molecule has 1 saturated heterocycles. The first-order chi connectivity index (χ1) is 10.2. The Morgan fingerprint density at radius 1 is 1.32 bits per heavy atom. The van der Waals surface area contributed by atoms with Crippen LogP contribution in [0.5, 0.6) is 0 Å². The predicted octanol–water partition coefficient (Wildman–Crippen LogP) is 3.86. The van der Waals surface area contributed by atoms with Gasteiger partial charge in [0.25, 0.3) is 0 Å². The van der Waals surface area contributed by atoms with Crippen molar-refractivity contribution in [1.82, 2.24) is 10.2 Å². The summed E-state index contributed by atoms with van der Waals surface area (Å²) in [7, 11) is 0. The van der Waals surface area contributed by atoms with Crippen LogP contribution in [-0.4, -0.2) is 36.7 Å². The van der Waals surface area contributed by atoms with Crippen molar-refractivity contribution >= 4 is 30.1 Å². The van der Waals surface area contributed by atoms with Gasteiger partial charge < -0.3 is 15.0 Å². The van der Waals surface area contributed by atoms with E-state index in [4.69, 9.17) is 16.3 Å². The smallest absolute Gasteiger partial charge is 0.410 e. The lowest BCUT2D eigenvalue weighted by Crippen LogP contribution is -2.46. The van der Waals surface area contributed by atoms with Gasteiger partial charge in [0.1, 0.15) is 6.61 Å². The number of halogens is 2. The minimum atomic E-state index is -0.210. The summed E-state index contributed by atoms with van der Waals surface area (Å²) in [6.07, 6.45) is 2.73. The molecule has 22 heavy (non-hydrogen) atoms. The molecule has 0 spiro atoms. The zero-order chi connectivity index (χ0) is 15.1. The largest absolute Gasteiger partial charge is 0.445 e. The van der Waals surface area contributed by atoms with E-state index in [1.807, 2.05) is 17.0 Å². The standard InChI is InChI=1S/C16H23ClN2O2.ClH/c1-2-11-19(15-7-9-18-10-8-15)16(20)21-12-13-3-5-14(17)6-4-13;/h3-6,15,18H,2,7-12H2,1H3;1H. The van der Waals surface area contributed by atoms with E-state index in [1.165, 1.54) is 0 Å². The third kappa shape index (κ3) is 5.67. The van der Waals surface area contributed by atoms with Crippen LogP contribution in [0.4, 0.5) is 4.79 Å². The minimum absolute atomic E-state index is 0. The van der Waals surface area contributed by atoms with Crippen molar-refractivity contribution < 1.29 is 9.53 Å². The lowest BCUT2D eigenvalue weighted by Gasteiger charge is -2.33. The van der Waals surface area contributed by atoms with Gasteiger partial charge in [0.2, 0.25) is 0 Å². The van der Waals surface area contributed by atoms with Gasteiger partial charge in [-0.2, -0.15) is 0 Å². The van der Waals surface area contributed by atoms with E-state index in [-0.39, 0.29) is 18.5 Å². The van der Waals surface area contributed by atoms with E-state index in [0.29, 0.717) is 17.7 Å². The number of carbonyl (C=O) groups is 1. The lowest BCUT2D eigenvalue weighted by atomic mass is 10.1. The zero-order valence-electron chi connectivity index (χ0n) is 12.9. The minimum Gasteiger partial charge on any atom is -0.445 e. The molecule has 1 heterocycles. The first kappa shape index (κ1) is 19.1. The molecule has 1 amide bonds. The van der Waals surface area contributed by atoms with Crippen molar-refractivity contribution in [1.29, 1.82) is 0 Å². The van der Waals surface area contributed by atoms with Crippen LogP contribution < -0.4 is 5.32 Å². The highest BCUT2D eigenvalue weighted by atomic mass is 35.5. The average molecular weight is 347 g/mol. The van der Waals surface area contributed by atoms with Crippen molar-refractivity contribution in [3.8, 4) is 0 Å². The zero-order valence-corrected chi connectivity index (χ0v) is 14.5. The van der Waals surface area contributed by atoms with E-state index in [9.17, 15) is 4.79 Å². The molecule has 0 atom stereocenters. The molecular weight excluding hydrogens is 323 g/mol. The Morgan fingerprint density at radius 3 is 2.55 bits per heavy atom. The highest BCUT2D eigenvalue weighted by Crippen LogP contribution is 2.15. The van der Waals surface area contributed by atoms with Crippen molar-refractivity contribution in [2.75, 3.05) is 19.6 Å². The van der Waals surface area contributed by atoms with E-state index in [0.717, 1.165) is 44.5 Å². The van der Waals surface area contributed by atoms with Crippen LogP contribution in [0.1, 0.15) is 31.7 Å². The number of carbonyl (C=O) groups excluding carboxylic acids is 1. The van der Waals surface area contributed by atoms with Gasteiger partial charge in [0, 0.05) is 17.6 Å². The highest BCUT2D eigenvalue weighted by molar-refractivity contribution is 6.30. The molecule has 0 aromatic heterocycles. The number of piperidine rings is 1. The van der Waals surface area contributed by atoms with Crippen LogP contribution in [0.2, 0.25) is 5.02 Å². The number of ether oxygens (including phenoxy) is 1. The molecule has 0 aliphatic carbocycles. The van der Waals surface area contributed by atoms with Gasteiger partial charge in [-0.3, -0.25) is 0 Å². The maximum absolute atomic E-state index is 12.3. The maximum Gasteiger partial charge on any atom is 0.410 e. The summed E-state index contributed by atoms with van der Waals surface area (Å²) in [6.45, 7) is 5.07. The summed E-state index contributed by atoms with van der Waals surface area (Å²) < 4.78 is 5.46. The Hall–Kier alpha value is -0.970. The van der Waals surface area contributed by atoms with Gasteiger partial charge >= 0.3 is 6.09 Å². The molecule has 6 heteroatoms. The SMILES string of the molecule is CCCN(C(=O)OCc1ccc(Cl)cc1)C1CCNCC1.Cl. The van der Waals surface area contributed by atoms with Gasteiger partial charge in [-0.25, -0.2) is 4.79 Å². The van der Waals surface area contributed by atoms with Gasteiger partial charge in [-0.15, -0.1) is 12.4 Å². The summed E-state index contributed by atoms with van der Waals surface area (Å²) in [5.41, 5.74) is 0.953. The number of benzene rings is 1. The van der Waals surface area contributed by atoms with Gasteiger partial charge in [-0.1, -0.05) is 30.7 Å². The molecule has 1 aromatic carbocycles. The molecule has 1 aliphatic rings. The topological polar surface area (TPSA) is 41.6 Å². The van der Waals surface area contributed by atoms with Gasteiger partial charge in [0.15, 0.2) is 0 Å². The van der Waals surface area contributed by atoms with Crippen LogP contribution in [0, 0.1) is 0 Å². The number of amides is 1. The molecule has 0 bridgehead atoms. The average Bonchev–Trinajstić information content (AvgIpc) is 2.52. The predicted molar refractivity (Wildman–Crippen MR) is 91.8 cm³/mol. The fraction of sp³-hybridized carbons (Fsp3) is 0.562. The Bertz CT molecular complexity index is 448. The molecular formula is C16H24Cl2N2O2. The van der Waals surface area contributed by atoms with Gasteiger partial charge in [-0.05, 0) is 50.0 Å². The van der Waals surface area contributed by atoms with Crippen LogP contribution in [-0.2, 0) is 11.3 Å². The molecule has 1 aliphatic heterocycles. The van der Waals surface area contributed by atoms with Crippen molar-refractivity contribution in [2.24, 2.45) is 0 Å². The van der Waals surface area contributed by atoms with Crippen LogP contribution >= 0.6 is 24.0 Å². The Morgan fingerprint density at radius 2 is 1.95 bits per heavy atom. The van der Waals surface area contributed by atoms with Crippen molar-refractivity contribution in [2.45, 2.75) is 38.8 Å². The molecule has 1 aromatic rings. The van der Waals surface area contributed by atoms with Gasteiger partial charge in [0.05, 0.1) is 0 Å². The third-order valence-electron chi connectivity index (χ3n) is 3.72. The number of hydrogen-bond donors (Lipinski definition) is 1. The fourth-order valence-electron chi connectivity index (χ4n) is 2.59. The van der Waals surface area contributed by atoms with E-state index in [2.05, 4.69) is 12.2 Å². The molecule has 1 N–H and O–H groups in total. The Balaban J connectivity index is 0.00000242. The number of hydrogen-bond acceptors (Lipinski definition) is 3. The summed E-state index contributed by atoms with van der Waals surface area (Å²) in [6, 6.07) is 7.67. The van der Waals surface area contributed by atoms with Crippen molar-refractivity contribution in [3.63, 3.8) is 0 Å². The quantitative estimate of drug-likeness (QED) is 0.879. The van der Waals surface area contributed by atoms with Crippen LogP contribution in [0.25, 0.3) is 0 Å². The first-order valence-electron chi connectivity index (χ1n) is 7.59. The molecule has 0 radical (unpaired) electrons. The summed E-state index contributed by atoms with van der Waals surface area (Å²) in [5.74, 6) is 0. The Kier molecular flexibility index (Phi) is 8.61. The normalized spacial score (nSPS) is 15.0.